The lowest BCUT2D eigenvalue weighted by Crippen LogP contribution is -2.31. The van der Waals surface area contributed by atoms with E-state index in [1.165, 1.54) is 12.8 Å². The molecule has 2 aliphatic heterocycles. The highest BCUT2D eigenvalue weighted by molar-refractivity contribution is 5.37. The van der Waals surface area contributed by atoms with E-state index in [1.807, 2.05) is 0 Å². The monoisotopic (exact) mass is 306 g/mol. The zero-order chi connectivity index (χ0) is 15.2. The number of aromatic nitrogens is 2. The zero-order valence-corrected chi connectivity index (χ0v) is 13.3. The van der Waals surface area contributed by atoms with Crippen LogP contribution >= 0.6 is 0 Å². The number of rotatable bonds is 6. The van der Waals surface area contributed by atoms with Crippen molar-refractivity contribution in [2.75, 3.05) is 45.3 Å². The molecule has 0 aliphatic carbocycles. The third-order valence-corrected chi connectivity index (χ3v) is 4.44. The molecule has 6 heteroatoms. The van der Waals surface area contributed by atoms with Crippen molar-refractivity contribution in [2.45, 2.75) is 31.8 Å². The Morgan fingerprint density at radius 2 is 2.18 bits per heavy atom. The molecule has 6 nitrogen and oxygen atoms in total. The van der Waals surface area contributed by atoms with E-state index < -0.39 is 0 Å². The van der Waals surface area contributed by atoms with E-state index in [0.29, 0.717) is 12.5 Å². The molecule has 0 bridgehead atoms. The van der Waals surface area contributed by atoms with Crippen LogP contribution in [0.2, 0.25) is 0 Å². The number of methoxy groups -OCH3 is 1. The molecule has 0 saturated carbocycles. The number of hydrogen-bond donors (Lipinski definition) is 2. The fourth-order valence-electron chi connectivity index (χ4n) is 3.11. The summed E-state index contributed by atoms with van der Waals surface area (Å²) in [5.41, 5.74) is 1.08. The van der Waals surface area contributed by atoms with Crippen molar-refractivity contribution in [2.24, 2.45) is 5.92 Å². The summed E-state index contributed by atoms with van der Waals surface area (Å²) in [6, 6.07) is 2.08. The Kier molecular flexibility index (Phi) is 5.58. The number of nitrogens with zero attached hydrogens (tertiary/aromatic N) is 2. The average molecular weight is 306 g/mol. The van der Waals surface area contributed by atoms with Crippen molar-refractivity contribution in [3.8, 4) is 0 Å². The highest BCUT2D eigenvalue weighted by Gasteiger charge is 2.21. The van der Waals surface area contributed by atoms with Crippen LogP contribution < -0.4 is 10.6 Å². The van der Waals surface area contributed by atoms with Crippen LogP contribution in [0, 0.1) is 5.92 Å². The maximum atomic E-state index is 5.49. The second kappa shape index (κ2) is 7.85. The molecule has 0 radical (unpaired) electrons. The minimum absolute atomic E-state index is 0.387. The van der Waals surface area contributed by atoms with Gasteiger partial charge in [0.1, 0.15) is 12.4 Å². The third-order valence-electron chi connectivity index (χ3n) is 4.44. The predicted octanol–water partition coefficient (Wildman–Crippen LogP) is 1.54. The summed E-state index contributed by atoms with van der Waals surface area (Å²) in [7, 11) is 1.68. The van der Waals surface area contributed by atoms with Gasteiger partial charge in [-0.1, -0.05) is 0 Å². The van der Waals surface area contributed by atoms with Crippen molar-refractivity contribution in [1.82, 2.24) is 15.3 Å². The SMILES string of the molecule is COCc1nc(NCC2CCNCC2)cc([C@@H]2CCOC2)n1. The molecule has 0 aromatic carbocycles. The Balaban J connectivity index is 1.67. The van der Waals surface area contributed by atoms with Gasteiger partial charge in [0.25, 0.3) is 0 Å². The van der Waals surface area contributed by atoms with Gasteiger partial charge in [0.2, 0.25) is 0 Å². The number of anilines is 1. The molecule has 0 unspecified atom stereocenters. The molecule has 0 spiro atoms. The lowest BCUT2D eigenvalue weighted by atomic mass is 9.98. The first-order valence-electron chi connectivity index (χ1n) is 8.24. The van der Waals surface area contributed by atoms with Gasteiger partial charge in [-0.2, -0.15) is 0 Å². The van der Waals surface area contributed by atoms with Crippen LogP contribution in [0.25, 0.3) is 0 Å². The minimum Gasteiger partial charge on any atom is -0.381 e. The third kappa shape index (κ3) is 4.15. The second-order valence-electron chi connectivity index (χ2n) is 6.16. The van der Waals surface area contributed by atoms with Gasteiger partial charge in [-0.15, -0.1) is 0 Å². The summed E-state index contributed by atoms with van der Waals surface area (Å²) < 4.78 is 10.7. The highest BCUT2D eigenvalue weighted by atomic mass is 16.5. The van der Waals surface area contributed by atoms with E-state index in [9.17, 15) is 0 Å². The highest BCUT2D eigenvalue weighted by Crippen LogP contribution is 2.25. The smallest absolute Gasteiger partial charge is 0.156 e. The summed E-state index contributed by atoms with van der Waals surface area (Å²) in [4.78, 5) is 9.21. The average Bonchev–Trinajstić information content (AvgIpc) is 3.09. The normalized spacial score (nSPS) is 22.9. The lowest BCUT2D eigenvalue weighted by molar-refractivity contribution is 0.177. The lowest BCUT2D eigenvalue weighted by Gasteiger charge is -2.23. The first-order valence-corrected chi connectivity index (χ1v) is 8.24. The maximum absolute atomic E-state index is 5.49. The van der Waals surface area contributed by atoms with Gasteiger partial charge in [0.05, 0.1) is 12.3 Å². The molecular weight excluding hydrogens is 280 g/mol. The number of piperidine rings is 1. The predicted molar refractivity (Wildman–Crippen MR) is 85.0 cm³/mol. The Bertz CT molecular complexity index is 471. The first-order chi connectivity index (χ1) is 10.8. The Hall–Kier alpha value is -1.24. The summed E-state index contributed by atoms with van der Waals surface area (Å²) >= 11 is 0. The number of nitrogens with one attached hydrogen (secondary N) is 2. The van der Waals surface area contributed by atoms with Crippen LogP contribution in [0.3, 0.4) is 0 Å². The van der Waals surface area contributed by atoms with Crippen molar-refractivity contribution in [3.05, 3.63) is 17.6 Å². The van der Waals surface area contributed by atoms with Crippen molar-refractivity contribution in [3.63, 3.8) is 0 Å². The molecule has 2 fully saturated rings. The number of hydrogen-bond acceptors (Lipinski definition) is 6. The molecule has 122 valence electrons. The molecule has 0 amide bonds. The minimum atomic E-state index is 0.387. The maximum Gasteiger partial charge on any atom is 0.156 e. The van der Waals surface area contributed by atoms with E-state index >= 15 is 0 Å². The Morgan fingerprint density at radius 1 is 1.32 bits per heavy atom. The van der Waals surface area contributed by atoms with Gasteiger partial charge in [0, 0.05) is 32.2 Å². The van der Waals surface area contributed by atoms with Gasteiger partial charge < -0.3 is 20.1 Å². The zero-order valence-electron chi connectivity index (χ0n) is 13.3. The van der Waals surface area contributed by atoms with Crippen LogP contribution in [0.15, 0.2) is 6.07 Å². The molecule has 1 atom stereocenters. The number of ether oxygens (including phenoxy) is 2. The van der Waals surface area contributed by atoms with E-state index in [4.69, 9.17) is 9.47 Å². The topological polar surface area (TPSA) is 68.3 Å². The quantitative estimate of drug-likeness (QED) is 0.831. The van der Waals surface area contributed by atoms with E-state index in [1.54, 1.807) is 7.11 Å². The standard InChI is InChI=1S/C16H26N4O2/c1-21-11-16-19-14(13-4-7-22-10-13)8-15(20-16)18-9-12-2-5-17-6-3-12/h8,12-13,17H,2-7,9-11H2,1H3,(H,18,19,20)/t13-/m1/s1. The Morgan fingerprint density at radius 3 is 2.91 bits per heavy atom. The van der Waals surface area contributed by atoms with Crippen molar-refractivity contribution < 1.29 is 9.47 Å². The van der Waals surface area contributed by atoms with Gasteiger partial charge in [0.15, 0.2) is 5.82 Å². The molecule has 2 N–H and O–H groups in total. The molecule has 3 heterocycles. The van der Waals surface area contributed by atoms with Gasteiger partial charge in [-0.25, -0.2) is 9.97 Å². The molecule has 1 aromatic rings. The van der Waals surface area contributed by atoms with E-state index in [2.05, 4.69) is 26.7 Å². The fourth-order valence-corrected chi connectivity index (χ4v) is 3.11. The van der Waals surface area contributed by atoms with Gasteiger partial charge >= 0.3 is 0 Å². The van der Waals surface area contributed by atoms with Gasteiger partial charge in [-0.05, 0) is 38.3 Å². The molecule has 22 heavy (non-hydrogen) atoms. The van der Waals surface area contributed by atoms with Gasteiger partial charge in [-0.3, -0.25) is 0 Å². The van der Waals surface area contributed by atoms with Crippen LogP contribution in [-0.4, -0.2) is 49.9 Å². The summed E-state index contributed by atoms with van der Waals surface area (Å²) in [6.07, 6.45) is 3.50. The van der Waals surface area contributed by atoms with Crippen LogP contribution in [0.5, 0.6) is 0 Å². The van der Waals surface area contributed by atoms with Crippen molar-refractivity contribution >= 4 is 5.82 Å². The molecule has 3 rings (SSSR count). The summed E-state index contributed by atoms with van der Waals surface area (Å²) in [6.45, 7) is 5.25. The van der Waals surface area contributed by atoms with Crippen molar-refractivity contribution in [1.29, 1.82) is 0 Å². The van der Waals surface area contributed by atoms with Crippen LogP contribution in [-0.2, 0) is 16.1 Å². The van der Waals surface area contributed by atoms with E-state index in [0.717, 1.165) is 62.5 Å². The van der Waals surface area contributed by atoms with Crippen LogP contribution in [0.1, 0.15) is 36.7 Å². The van der Waals surface area contributed by atoms with Crippen LogP contribution in [0.4, 0.5) is 5.82 Å². The molecule has 2 saturated heterocycles. The largest absolute Gasteiger partial charge is 0.381 e. The fraction of sp³-hybridized carbons (Fsp3) is 0.750. The van der Waals surface area contributed by atoms with E-state index in [-0.39, 0.29) is 0 Å². The second-order valence-corrected chi connectivity index (χ2v) is 6.16. The molecular formula is C16H26N4O2. The Labute approximate surface area is 132 Å². The molecule has 1 aromatic heterocycles. The molecule has 2 aliphatic rings. The first kappa shape index (κ1) is 15.6. The summed E-state index contributed by atoms with van der Waals surface area (Å²) in [5, 5.41) is 6.90. The summed E-state index contributed by atoms with van der Waals surface area (Å²) in [5.74, 6) is 2.78.